The molecule has 2 atom stereocenters. The first-order valence-electron chi connectivity index (χ1n) is 5.55. The van der Waals surface area contributed by atoms with Crippen LogP contribution in [0, 0.1) is 5.92 Å². The highest BCUT2D eigenvalue weighted by atomic mass is 15.0. The summed E-state index contributed by atoms with van der Waals surface area (Å²) in [7, 11) is 0. The lowest BCUT2D eigenvalue weighted by Gasteiger charge is -2.27. The van der Waals surface area contributed by atoms with Crippen LogP contribution in [0.4, 0.5) is 0 Å². The maximum absolute atomic E-state index is 4.01. The molecule has 1 heterocycles. The Hall–Kier alpha value is -0.830. The van der Waals surface area contributed by atoms with Crippen molar-refractivity contribution in [1.82, 2.24) is 15.3 Å². The number of rotatable bonds is 3. The fraction of sp³-hybridized carbons (Fsp3) is 0.727. The van der Waals surface area contributed by atoms with Gasteiger partial charge in [-0.05, 0) is 18.8 Å². The lowest BCUT2D eigenvalue weighted by atomic mass is 9.87. The molecule has 0 aromatic carbocycles. The Balaban J connectivity index is 1.75. The summed E-state index contributed by atoms with van der Waals surface area (Å²) < 4.78 is 0. The quantitative estimate of drug-likeness (QED) is 0.771. The third-order valence-corrected chi connectivity index (χ3v) is 3.07. The van der Waals surface area contributed by atoms with E-state index in [9.17, 15) is 0 Å². The number of hydrogen-bond acceptors (Lipinski definition) is 2. The van der Waals surface area contributed by atoms with Gasteiger partial charge in [0.15, 0.2) is 0 Å². The van der Waals surface area contributed by atoms with E-state index < -0.39 is 0 Å². The molecule has 2 N–H and O–H groups in total. The van der Waals surface area contributed by atoms with Gasteiger partial charge in [0.1, 0.15) is 0 Å². The third-order valence-electron chi connectivity index (χ3n) is 3.07. The molecule has 3 heteroatoms. The first kappa shape index (κ1) is 9.71. The lowest BCUT2D eigenvalue weighted by molar-refractivity contribution is 0.300. The minimum Gasteiger partial charge on any atom is -0.347 e. The molecule has 2 rings (SSSR count). The van der Waals surface area contributed by atoms with Gasteiger partial charge in [-0.25, -0.2) is 4.98 Å². The maximum Gasteiger partial charge on any atom is 0.0922 e. The standard InChI is InChI=1S/C11H19N3/c1-9-3-2-4-10(5-9)13-7-11-6-12-8-14-11/h6,8-10,13H,2-5,7H2,1H3,(H,12,14). The molecular weight excluding hydrogens is 174 g/mol. The Kier molecular flexibility index (Phi) is 3.19. The molecule has 0 radical (unpaired) electrons. The van der Waals surface area contributed by atoms with Crippen LogP contribution in [0.15, 0.2) is 12.5 Å². The maximum atomic E-state index is 4.01. The zero-order valence-electron chi connectivity index (χ0n) is 8.79. The van der Waals surface area contributed by atoms with Gasteiger partial charge in [-0.3, -0.25) is 0 Å². The largest absolute Gasteiger partial charge is 0.347 e. The second kappa shape index (κ2) is 4.60. The topological polar surface area (TPSA) is 40.7 Å². The van der Waals surface area contributed by atoms with Gasteiger partial charge in [-0.2, -0.15) is 0 Å². The van der Waals surface area contributed by atoms with E-state index in [0.717, 1.165) is 12.5 Å². The van der Waals surface area contributed by atoms with Crippen molar-refractivity contribution in [2.45, 2.75) is 45.2 Å². The van der Waals surface area contributed by atoms with Crippen molar-refractivity contribution in [3.8, 4) is 0 Å². The van der Waals surface area contributed by atoms with E-state index in [2.05, 4.69) is 22.2 Å². The average molecular weight is 193 g/mol. The molecule has 14 heavy (non-hydrogen) atoms. The van der Waals surface area contributed by atoms with Crippen LogP contribution in [0.5, 0.6) is 0 Å². The summed E-state index contributed by atoms with van der Waals surface area (Å²) in [5, 5.41) is 3.58. The summed E-state index contributed by atoms with van der Waals surface area (Å²) in [5.41, 5.74) is 1.18. The van der Waals surface area contributed by atoms with Crippen molar-refractivity contribution in [2.24, 2.45) is 5.92 Å². The van der Waals surface area contributed by atoms with E-state index in [4.69, 9.17) is 0 Å². The highest BCUT2D eigenvalue weighted by molar-refractivity contribution is 4.94. The van der Waals surface area contributed by atoms with Gasteiger partial charge in [0.25, 0.3) is 0 Å². The van der Waals surface area contributed by atoms with Gasteiger partial charge in [-0.15, -0.1) is 0 Å². The van der Waals surface area contributed by atoms with Crippen LogP contribution >= 0.6 is 0 Å². The van der Waals surface area contributed by atoms with E-state index >= 15 is 0 Å². The van der Waals surface area contributed by atoms with Crippen LogP contribution in [0.2, 0.25) is 0 Å². The van der Waals surface area contributed by atoms with E-state index in [1.807, 2.05) is 6.20 Å². The normalized spacial score (nSPS) is 27.8. The summed E-state index contributed by atoms with van der Waals surface area (Å²) in [6.07, 6.45) is 9.07. The molecule has 1 saturated carbocycles. The molecular formula is C11H19N3. The van der Waals surface area contributed by atoms with Crippen molar-refractivity contribution in [3.63, 3.8) is 0 Å². The highest BCUT2D eigenvalue weighted by Gasteiger charge is 2.17. The van der Waals surface area contributed by atoms with Crippen LogP contribution in [0.3, 0.4) is 0 Å². The van der Waals surface area contributed by atoms with Gasteiger partial charge in [-0.1, -0.05) is 19.8 Å². The van der Waals surface area contributed by atoms with E-state index in [0.29, 0.717) is 6.04 Å². The van der Waals surface area contributed by atoms with Crippen molar-refractivity contribution >= 4 is 0 Å². The van der Waals surface area contributed by atoms with Crippen LogP contribution < -0.4 is 5.32 Å². The van der Waals surface area contributed by atoms with E-state index in [1.165, 1.54) is 31.4 Å². The van der Waals surface area contributed by atoms with Gasteiger partial charge >= 0.3 is 0 Å². The van der Waals surface area contributed by atoms with Crippen LogP contribution in [-0.4, -0.2) is 16.0 Å². The second-order valence-electron chi connectivity index (χ2n) is 4.43. The molecule has 1 aliphatic carbocycles. The van der Waals surface area contributed by atoms with Gasteiger partial charge in [0, 0.05) is 24.5 Å². The Morgan fingerprint density at radius 2 is 2.50 bits per heavy atom. The smallest absolute Gasteiger partial charge is 0.0922 e. The fourth-order valence-electron chi connectivity index (χ4n) is 2.26. The highest BCUT2D eigenvalue weighted by Crippen LogP contribution is 2.23. The van der Waals surface area contributed by atoms with Crippen molar-refractivity contribution in [3.05, 3.63) is 18.2 Å². The molecule has 0 bridgehead atoms. The van der Waals surface area contributed by atoms with Crippen molar-refractivity contribution < 1.29 is 0 Å². The summed E-state index contributed by atoms with van der Waals surface area (Å²) in [5.74, 6) is 0.892. The molecule has 0 aliphatic heterocycles. The van der Waals surface area contributed by atoms with Crippen LogP contribution in [-0.2, 0) is 6.54 Å². The minimum atomic E-state index is 0.710. The van der Waals surface area contributed by atoms with Gasteiger partial charge < -0.3 is 10.3 Å². The molecule has 1 aliphatic rings. The Morgan fingerprint density at radius 3 is 3.21 bits per heavy atom. The molecule has 1 fully saturated rings. The molecule has 3 nitrogen and oxygen atoms in total. The predicted octanol–water partition coefficient (Wildman–Crippen LogP) is 2.08. The average Bonchev–Trinajstić information content (AvgIpc) is 2.67. The molecule has 0 saturated heterocycles. The second-order valence-corrected chi connectivity index (χ2v) is 4.43. The van der Waals surface area contributed by atoms with E-state index in [1.54, 1.807) is 6.33 Å². The number of H-pyrrole nitrogens is 1. The van der Waals surface area contributed by atoms with E-state index in [-0.39, 0.29) is 0 Å². The fourth-order valence-corrected chi connectivity index (χ4v) is 2.26. The molecule has 2 unspecified atom stereocenters. The Bertz CT molecular complexity index is 256. The minimum absolute atomic E-state index is 0.710. The number of aromatic amines is 1. The van der Waals surface area contributed by atoms with Crippen molar-refractivity contribution in [2.75, 3.05) is 0 Å². The number of nitrogens with zero attached hydrogens (tertiary/aromatic N) is 1. The number of aromatic nitrogens is 2. The zero-order chi connectivity index (χ0) is 9.80. The van der Waals surface area contributed by atoms with Gasteiger partial charge in [0.2, 0.25) is 0 Å². The Morgan fingerprint density at radius 1 is 1.57 bits per heavy atom. The number of hydrogen-bond donors (Lipinski definition) is 2. The summed E-state index contributed by atoms with van der Waals surface area (Å²) in [6.45, 7) is 3.28. The van der Waals surface area contributed by atoms with Crippen LogP contribution in [0.25, 0.3) is 0 Å². The SMILES string of the molecule is CC1CCCC(NCc2cnc[nH]2)C1. The third kappa shape index (κ3) is 2.58. The Labute approximate surface area is 85.3 Å². The van der Waals surface area contributed by atoms with Gasteiger partial charge in [0.05, 0.1) is 6.33 Å². The molecule has 78 valence electrons. The lowest BCUT2D eigenvalue weighted by Crippen LogP contribution is -2.33. The summed E-state index contributed by atoms with van der Waals surface area (Å²) in [4.78, 5) is 7.12. The molecule has 0 spiro atoms. The first-order valence-corrected chi connectivity index (χ1v) is 5.55. The molecule has 0 amide bonds. The summed E-state index contributed by atoms with van der Waals surface area (Å²) >= 11 is 0. The molecule has 1 aromatic rings. The molecule has 1 aromatic heterocycles. The summed E-state index contributed by atoms with van der Waals surface area (Å²) in [6, 6.07) is 0.710. The first-order chi connectivity index (χ1) is 6.84. The predicted molar refractivity (Wildman–Crippen MR) is 56.8 cm³/mol. The zero-order valence-corrected chi connectivity index (χ0v) is 8.79. The van der Waals surface area contributed by atoms with Crippen LogP contribution in [0.1, 0.15) is 38.3 Å². The number of nitrogens with one attached hydrogen (secondary N) is 2. The van der Waals surface area contributed by atoms with Crippen molar-refractivity contribution in [1.29, 1.82) is 0 Å². The number of imidazole rings is 1. The monoisotopic (exact) mass is 193 g/mol.